The zero-order valence-electron chi connectivity index (χ0n) is 23.3. The van der Waals surface area contributed by atoms with Gasteiger partial charge in [0.25, 0.3) is 0 Å². The number of nitrogens with zero attached hydrogens (tertiary/aromatic N) is 4. The lowest BCUT2D eigenvalue weighted by molar-refractivity contribution is -0.119. The number of anilines is 1. The van der Waals surface area contributed by atoms with Crippen molar-refractivity contribution in [2.45, 2.75) is 121 Å². The number of carbonyl (C=O) groups excluding carboxylic acids is 1. The van der Waals surface area contributed by atoms with Crippen LogP contribution in [0, 0.1) is 0 Å². The van der Waals surface area contributed by atoms with Gasteiger partial charge < -0.3 is 20.7 Å². The lowest BCUT2D eigenvalue weighted by atomic mass is 10.0. The average molecular weight is 585 g/mol. The minimum absolute atomic E-state index is 0.0718. The lowest BCUT2D eigenvalue weighted by Crippen LogP contribution is -2.37. The highest BCUT2D eigenvalue weighted by Crippen LogP contribution is 2.32. The summed E-state index contributed by atoms with van der Waals surface area (Å²) in [6, 6.07) is 0. The molecule has 3 rings (SSSR count). The van der Waals surface area contributed by atoms with Gasteiger partial charge in [-0.3, -0.25) is 13.5 Å². The molecule has 226 valence electrons. The summed E-state index contributed by atoms with van der Waals surface area (Å²) in [5.41, 5.74) is 6.35. The third-order valence-corrected chi connectivity index (χ3v) is 8.06. The SMILES string of the molecule is CCCCCCCCCCCCCCCC(=O)NS(=O)(=O)OC[C@H]1O[C@@H](n2cnc3c(N)ncnc32)[C@H](O)[C@@H]1O. The van der Waals surface area contributed by atoms with Gasteiger partial charge in [-0.15, -0.1) is 0 Å². The molecule has 0 aliphatic carbocycles. The van der Waals surface area contributed by atoms with Gasteiger partial charge >= 0.3 is 10.3 Å². The smallest absolute Gasteiger partial charge is 0.362 e. The molecule has 0 saturated carbocycles. The Morgan fingerprint density at radius 3 is 2.20 bits per heavy atom. The van der Waals surface area contributed by atoms with Crippen LogP contribution in [-0.4, -0.2) is 69.0 Å². The number of hydrogen-bond donors (Lipinski definition) is 4. The second-order valence-electron chi connectivity index (χ2n) is 10.4. The molecule has 2 aromatic heterocycles. The molecule has 14 heteroatoms. The molecule has 1 aliphatic heterocycles. The van der Waals surface area contributed by atoms with Crippen LogP contribution in [0.5, 0.6) is 0 Å². The summed E-state index contributed by atoms with van der Waals surface area (Å²) in [6.07, 6.45) is 12.6. The van der Waals surface area contributed by atoms with E-state index in [9.17, 15) is 23.4 Å². The van der Waals surface area contributed by atoms with Crippen LogP contribution in [0.1, 0.15) is 103 Å². The van der Waals surface area contributed by atoms with Gasteiger partial charge in [-0.05, 0) is 6.42 Å². The fourth-order valence-electron chi connectivity index (χ4n) is 4.83. The Bertz CT molecular complexity index is 1160. The van der Waals surface area contributed by atoms with Crippen LogP contribution in [0.4, 0.5) is 5.82 Å². The monoisotopic (exact) mass is 584 g/mol. The molecule has 0 spiro atoms. The topological polar surface area (TPSA) is 192 Å². The first-order valence-corrected chi connectivity index (χ1v) is 15.8. The van der Waals surface area contributed by atoms with E-state index in [-0.39, 0.29) is 17.9 Å². The maximum Gasteiger partial charge on any atom is 0.362 e. The van der Waals surface area contributed by atoms with Gasteiger partial charge in [-0.25, -0.2) is 19.7 Å². The summed E-state index contributed by atoms with van der Waals surface area (Å²) in [5.74, 6) is -0.520. The Balaban J connectivity index is 1.30. The molecule has 2 aromatic rings. The predicted octanol–water partition coefficient (Wildman–Crippen LogP) is 2.89. The van der Waals surface area contributed by atoms with Crippen molar-refractivity contribution in [3.8, 4) is 0 Å². The van der Waals surface area contributed by atoms with Crippen molar-refractivity contribution in [2.75, 3.05) is 12.3 Å². The first-order valence-electron chi connectivity index (χ1n) is 14.4. The first-order chi connectivity index (χ1) is 19.2. The van der Waals surface area contributed by atoms with E-state index in [2.05, 4.69) is 21.9 Å². The fraction of sp³-hybridized carbons (Fsp3) is 0.769. The van der Waals surface area contributed by atoms with Crippen LogP contribution in [0.3, 0.4) is 0 Å². The summed E-state index contributed by atoms with van der Waals surface area (Å²) in [4.78, 5) is 24.1. The van der Waals surface area contributed by atoms with Crippen molar-refractivity contribution >= 4 is 33.2 Å². The molecule has 0 aromatic carbocycles. The van der Waals surface area contributed by atoms with Gasteiger partial charge in [-0.1, -0.05) is 84.0 Å². The maximum atomic E-state index is 12.2. The van der Waals surface area contributed by atoms with E-state index in [1.807, 2.05) is 4.72 Å². The van der Waals surface area contributed by atoms with E-state index in [1.54, 1.807) is 0 Å². The Morgan fingerprint density at radius 2 is 1.57 bits per heavy atom. The maximum absolute atomic E-state index is 12.2. The minimum atomic E-state index is -4.42. The van der Waals surface area contributed by atoms with Gasteiger partial charge in [0.2, 0.25) is 5.91 Å². The number of imidazole rings is 1. The van der Waals surface area contributed by atoms with Gasteiger partial charge in [0, 0.05) is 6.42 Å². The first kappa shape index (κ1) is 32.1. The zero-order valence-corrected chi connectivity index (χ0v) is 24.1. The number of rotatable bonds is 19. The highest BCUT2D eigenvalue weighted by atomic mass is 32.2. The van der Waals surface area contributed by atoms with Crippen LogP contribution in [-0.2, 0) is 24.0 Å². The van der Waals surface area contributed by atoms with Crippen LogP contribution in [0.2, 0.25) is 0 Å². The Labute approximate surface area is 236 Å². The second-order valence-corrected chi connectivity index (χ2v) is 11.7. The number of unbranched alkanes of at least 4 members (excludes halogenated alkanes) is 12. The molecule has 40 heavy (non-hydrogen) atoms. The summed E-state index contributed by atoms with van der Waals surface area (Å²) in [7, 11) is -4.42. The Morgan fingerprint density at radius 1 is 0.975 bits per heavy atom. The van der Waals surface area contributed by atoms with Crippen molar-refractivity contribution in [1.29, 1.82) is 0 Å². The minimum Gasteiger partial charge on any atom is -0.387 e. The lowest BCUT2D eigenvalue weighted by Gasteiger charge is -2.16. The second kappa shape index (κ2) is 16.2. The summed E-state index contributed by atoms with van der Waals surface area (Å²) in [5, 5.41) is 20.9. The third-order valence-electron chi connectivity index (χ3n) is 7.13. The van der Waals surface area contributed by atoms with Crippen molar-refractivity contribution in [1.82, 2.24) is 24.2 Å². The standard InChI is InChI=1S/C26H44N6O7S/c1-2-3-4-5-6-7-8-9-10-11-12-13-14-15-20(33)31-40(36,37)38-16-19-22(34)23(35)26(39-19)32-18-30-21-24(27)28-17-29-25(21)32/h17-19,22-23,26,34-35H,2-16H2,1H3,(H,31,33)(H2,27,28,29)/t19-,22-,23-,26-/m1/s1. The number of nitrogens with two attached hydrogens (primary N) is 1. The molecule has 5 N–H and O–H groups in total. The number of aromatic nitrogens is 4. The average Bonchev–Trinajstić information content (AvgIpc) is 3.47. The summed E-state index contributed by atoms with van der Waals surface area (Å²) in [6.45, 7) is 1.62. The van der Waals surface area contributed by atoms with E-state index in [4.69, 9.17) is 14.7 Å². The number of hydrogen-bond acceptors (Lipinski definition) is 11. The molecule has 1 saturated heterocycles. The molecule has 3 heterocycles. The number of aliphatic hydroxyl groups is 2. The van der Waals surface area contributed by atoms with Gasteiger partial charge in [0.15, 0.2) is 17.7 Å². The van der Waals surface area contributed by atoms with Crippen LogP contribution < -0.4 is 10.5 Å². The molecular weight excluding hydrogens is 540 g/mol. The highest BCUT2D eigenvalue weighted by molar-refractivity contribution is 7.85. The molecule has 4 atom stereocenters. The molecule has 1 aliphatic rings. The summed E-state index contributed by atoms with van der Waals surface area (Å²) < 4.78 is 38.3. The number of ether oxygens (including phenoxy) is 1. The van der Waals surface area contributed by atoms with Crippen LogP contribution in [0.15, 0.2) is 12.7 Å². The van der Waals surface area contributed by atoms with E-state index in [0.717, 1.165) is 19.3 Å². The van der Waals surface area contributed by atoms with Gasteiger partial charge in [-0.2, -0.15) is 8.42 Å². The molecule has 0 bridgehead atoms. The number of nitrogen functional groups attached to an aromatic ring is 1. The normalized spacial score (nSPS) is 21.3. The number of fused-ring (bicyclic) bond motifs is 1. The molecular formula is C26H44N6O7S. The van der Waals surface area contributed by atoms with Crippen molar-refractivity contribution < 1.29 is 32.3 Å². The van der Waals surface area contributed by atoms with E-state index < -0.39 is 47.4 Å². The number of aliphatic hydroxyl groups excluding tert-OH is 2. The quantitative estimate of drug-likeness (QED) is 0.177. The molecule has 0 unspecified atom stereocenters. The van der Waals surface area contributed by atoms with Gasteiger partial charge in [0.1, 0.15) is 30.2 Å². The number of amides is 1. The molecule has 1 amide bonds. The molecule has 13 nitrogen and oxygen atoms in total. The fourth-order valence-corrected chi connectivity index (χ4v) is 5.59. The predicted molar refractivity (Wildman–Crippen MR) is 149 cm³/mol. The largest absolute Gasteiger partial charge is 0.387 e. The van der Waals surface area contributed by atoms with E-state index in [0.29, 0.717) is 11.9 Å². The van der Waals surface area contributed by atoms with E-state index >= 15 is 0 Å². The Hall–Kier alpha value is -2.39. The highest BCUT2D eigenvalue weighted by Gasteiger charge is 2.45. The van der Waals surface area contributed by atoms with E-state index in [1.165, 1.54) is 75.0 Å². The molecule has 0 radical (unpaired) electrons. The summed E-state index contributed by atoms with van der Waals surface area (Å²) >= 11 is 0. The number of carbonyl (C=O) groups is 1. The van der Waals surface area contributed by atoms with Crippen molar-refractivity contribution in [3.05, 3.63) is 12.7 Å². The van der Waals surface area contributed by atoms with Crippen LogP contribution in [0.25, 0.3) is 11.2 Å². The molecule has 1 fully saturated rings. The Kier molecular flexibility index (Phi) is 13.0. The number of nitrogens with one attached hydrogen (secondary N) is 1. The zero-order chi connectivity index (χ0) is 29.0. The van der Waals surface area contributed by atoms with Crippen LogP contribution >= 0.6 is 0 Å². The van der Waals surface area contributed by atoms with Crippen molar-refractivity contribution in [2.24, 2.45) is 0 Å². The van der Waals surface area contributed by atoms with Crippen molar-refractivity contribution in [3.63, 3.8) is 0 Å². The van der Waals surface area contributed by atoms with Gasteiger partial charge in [0.05, 0.1) is 12.9 Å². The third kappa shape index (κ3) is 9.61.